The zero-order valence-corrected chi connectivity index (χ0v) is 13.0. The van der Waals surface area contributed by atoms with Crippen LogP contribution in [-0.4, -0.2) is 54.9 Å². The Hall–Kier alpha value is 0.400. The van der Waals surface area contributed by atoms with Gasteiger partial charge in [-0.05, 0) is 51.7 Å². The molecule has 0 radical (unpaired) electrons. The topological polar surface area (TPSA) is 6.48 Å². The van der Waals surface area contributed by atoms with E-state index in [9.17, 15) is 0 Å². The van der Waals surface area contributed by atoms with Crippen molar-refractivity contribution < 1.29 is 0 Å². The van der Waals surface area contributed by atoms with Crippen LogP contribution >= 0.6 is 15.9 Å². The number of rotatable bonds is 4. The molecular weight excluding hydrogens is 276 g/mol. The Morgan fingerprint density at radius 3 is 2.53 bits per heavy atom. The van der Waals surface area contributed by atoms with E-state index in [1.807, 2.05) is 0 Å². The highest BCUT2D eigenvalue weighted by Gasteiger charge is 2.35. The number of alkyl halides is 1. The van der Waals surface area contributed by atoms with Crippen LogP contribution in [0.25, 0.3) is 0 Å². The van der Waals surface area contributed by atoms with Gasteiger partial charge in [-0.1, -0.05) is 28.8 Å². The quantitative estimate of drug-likeness (QED) is 0.737. The van der Waals surface area contributed by atoms with Crippen LogP contribution in [0.1, 0.15) is 38.5 Å². The molecule has 0 N–H and O–H groups in total. The minimum Gasteiger partial charge on any atom is -0.305 e. The number of likely N-dealkylation sites (N-methyl/N-ethyl adjacent to an activating group) is 1. The highest BCUT2D eigenvalue weighted by atomic mass is 79.9. The van der Waals surface area contributed by atoms with Gasteiger partial charge in [-0.15, -0.1) is 0 Å². The number of hydrogen-bond acceptors (Lipinski definition) is 2. The molecule has 1 heterocycles. The Labute approximate surface area is 115 Å². The maximum atomic E-state index is 3.77. The molecular formula is C14H27BrN2. The largest absolute Gasteiger partial charge is 0.305 e. The van der Waals surface area contributed by atoms with E-state index >= 15 is 0 Å². The van der Waals surface area contributed by atoms with Gasteiger partial charge >= 0.3 is 0 Å². The molecule has 1 saturated heterocycles. The molecule has 2 nitrogen and oxygen atoms in total. The number of nitrogens with zero attached hydrogens (tertiary/aromatic N) is 2. The van der Waals surface area contributed by atoms with Gasteiger partial charge in [0.1, 0.15) is 0 Å². The molecule has 1 aliphatic carbocycles. The van der Waals surface area contributed by atoms with E-state index in [-0.39, 0.29) is 0 Å². The smallest absolute Gasteiger partial charge is 0.0217 e. The summed E-state index contributed by atoms with van der Waals surface area (Å²) >= 11 is 3.77. The fraction of sp³-hybridized carbons (Fsp3) is 1.00. The van der Waals surface area contributed by atoms with E-state index in [0.717, 1.165) is 6.04 Å². The van der Waals surface area contributed by atoms with Crippen LogP contribution in [0.5, 0.6) is 0 Å². The van der Waals surface area contributed by atoms with E-state index in [1.54, 1.807) is 0 Å². The van der Waals surface area contributed by atoms with Crippen LogP contribution in [0.2, 0.25) is 0 Å². The zero-order valence-electron chi connectivity index (χ0n) is 11.4. The first-order chi connectivity index (χ1) is 8.15. The lowest BCUT2D eigenvalue weighted by Gasteiger charge is -2.40. The van der Waals surface area contributed by atoms with Gasteiger partial charge in [0.15, 0.2) is 0 Å². The monoisotopic (exact) mass is 302 g/mol. The molecule has 0 aromatic carbocycles. The predicted octanol–water partition coefficient (Wildman–Crippen LogP) is 2.97. The molecule has 0 bridgehead atoms. The molecule has 100 valence electrons. The van der Waals surface area contributed by atoms with Crippen LogP contribution in [0.15, 0.2) is 0 Å². The Kier molecular flexibility index (Phi) is 4.90. The van der Waals surface area contributed by atoms with E-state index in [1.165, 1.54) is 63.5 Å². The molecule has 2 aliphatic rings. The van der Waals surface area contributed by atoms with Gasteiger partial charge in [0.25, 0.3) is 0 Å². The Balaban J connectivity index is 1.89. The minimum absolute atomic E-state index is 0.591. The predicted molar refractivity (Wildman–Crippen MR) is 77.8 cm³/mol. The number of hydrogen-bond donors (Lipinski definition) is 0. The van der Waals surface area contributed by atoms with Crippen LogP contribution < -0.4 is 0 Å². The SMILES string of the molecule is CN(C)C1CCCN(CC2(CBr)CCCC2)C1. The third-order valence-corrected chi connectivity index (χ3v) is 5.91. The number of likely N-dealkylation sites (tertiary alicyclic amines) is 1. The van der Waals surface area contributed by atoms with E-state index < -0.39 is 0 Å². The second-order valence-corrected chi connectivity index (χ2v) is 6.90. The fourth-order valence-electron chi connectivity index (χ4n) is 3.53. The van der Waals surface area contributed by atoms with Gasteiger partial charge in [0, 0.05) is 24.5 Å². The molecule has 0 aromatic rings. The normalized spacial score (nSPS) is 30.0. The van der Waals surface area contributed by atoms with Gasteiger partial charge in [0.05, 0.1) is 0 Å². The van der Waals surface area contributed by atoms with Crippen molar-refractivity contribution in [2.75, 3.05) is 39.1 Å². The molecule has 17 heavy (non-hydrogen) atoms. The van der Waals surface area contributed by atoms with Gasteiger partial charge in [-0.2, -0.15) is 0 Å². The highest BCUT2D eigenvalue weighted by molar-refractivity contribution is 9.09. The molecule has 3 heteroatoms. The van der Waals surface area contributed by atoms with E-state index in [4.69, 9.17) is 0 Å². The first kappa shape index (κ1) is 13.8. The summed E-state index contributed by atoms with van der Waals surface area (Å²) in [5, 5.41) is 1.20. The first-order valence-electron chi connectivity index (χ1n) is 7.10. The molecule has 0 aromatic heterocycles. The summed E-state index contributed by atoms with van der Waals surface area (Å²) in [6.07, 6.45) is 8.50. The maximum Gasteiger partial charge on any atom is 0.0217 e. The lowest BCUT2D eigenvalue weighted by atomic mass is 9.87. The van der Waals surface area contributed by atoms with Crippen LogP contribution in [-0.2, 0) is 0 Å². The van der Waals surface area contributed by atoms with Gasteiger partial charge in [-0.3, -0.25) is 0 Å². The molecule has 0 spiro atoms. The summed E-state index contributed by atoms with van der Waals surface area (Å²) in [5.74, 6) is 0. The molecule has 2 fully saturated rings. The number of halogens is 1. The summed E-state index contributed by atoms with van der Waals surface area (Å²) in [7, 11) is 4.45. The highest BCUT2D eigenvalue weighted by Crippen LogP contribution is 2.40. The Morgan fingerprint density at radius 1 is 1.24 bits per heavy atom. The van der Waals surface area contributed by atoms with Gasteiger partial charge in [0.2, 0.25) is 0 Å². The van der Waals surface area contributed by atoms with Crippen molar-refractivity contribution in [3.05, 3.63) is 0 Å². The lowest BCUT2D eigenvalue weighted by Crippen LogP contribution is -2.48. The van der Waals surface area contributed by atoms with Crippen molar-refractivity contribution in [2.45, 2.75) is 44.6 Å². The molecule has 1 unspecified atom stereocenters. The Bertz CT molecular complexity index is 236. The first-order valence-corrected chi connectivity index (χ1v) is 8.22. The third kappa shape index (κ3) is 3.45. The summed E-state index contributed by atoms with van der Waals surface area (Å²) in [6.45, 7) is 3.92. The van der Waals surface area contributed by atoms with Crippen LogP contribution in [0.4, 0.5) is 0 Å². The molecule has 2 rings (SSSR count). The summed E-state index contributed by atoms with van der Waals surface area (Å²) in [4.78, 5) is 5.13. The molecule has 1 atom stereocenters. The second-order valence-electron chi connectivity index (χ2n) is 6.34. The minimum atomic E-state index is 0.591. The molecule has 0 amide bonds. The van der Waals surface area contributed by atoms with Crippen molar-refractivity contribution in [2.24, 2.45) is 5.41 Å². The standard InChI is InChI=1S/C14H27BrN2/c1-16(2)13-6-5-9-17(10-13)12-14(11-15)7-3-4-8-14/h13H,3-12H2,1-2H3. The number of piperidine rings is 1. The second kappa shape index (κ2) is 6.03. The Morgan fingerprint density at radius 2 is 1.94 bits per heavy atom. The fourth-order valence-corrected chi connectivity index (χ4v) is 4.27. The third-order valence-electron chi connectivity index (χ3n) is 4.72. The summed E-state index contributed by atoms with van der Waals surface area (Å²) in [5.41, 5.74) is 0.591. The van der Waals surface area contributed by atoms with Crippen molar-refractivity contribution in [3.8, 4) is 0 Å². The van der Waals surface area contributed by atoms with E-state index in [0.29, 0.717) is 5.41 Å². The average molecular weight is 303 g/mol. The van der Waals surface area contributed by atoms with Crippen molar-refractivity contribution in [1.29, 1.82) is 0 Å². The van der Waals surface area contributed by atoms with E-state index in [2.05, 4.69) is 39.8 Å². The molecule has 1 aliphatic heterocycles. The van der Waals surface area contributed by atoms with Crippen LogP contribution in [0.3, 0.4) is 0 Å². The summed E-state index contributed by atoms with van der Waals surface area (Å²) in [6, 6.07) is 0.775. The van der Waals surface area contributed by atoms with Crippen molar-refractivity contribution >= 4 is 15.9 Å². The van der Waals surface area contributed by atoms with Gasteiger partial charge in [-0.25, -0.2) is 0 Å². The zero-order chi connectivity index (χ0) is 12.3. The van der Waals surface area contributed by atoms with Gasteiger partial charge < -0.3 is 9.80 Å². The van der Waals surface area contributed by atoms with Crippen molar-refractivity contribution in [1.82, 2.24) is 9.80 Å². The maximum absolute atomic E-state index is 3.77. The van der Waals surface area contributed by atoms with Crippen molar-refractivity contribution in [3.63, 3.8) is 0 Å². The lowest BCUT2D eigenvalue weighted by molar-refractivity contribution is 0.0947. The van der Waals surface area contributed by atoms with Crippen LogP contribution in [0, 0.1) is 5.41 Å². The average Bonchev–Trinajstić information content (AvgIpc) is 2.78. The summed E-state index contributed by atoms with van der Waals surface area (Å²) < 4.78 is 0. The molecule has 1 saturated carbocycles.